The first-order valence-electron chi connectivity index (χ1n) is 10.1. The predicted molar refractivity (Wildman–Crippen MR) is 111 cm³/mol. The molecule has 0 aromatic rings. The average Bonchev–Trinajstić information content (AvgIpc) is 3.48. The van der Waals surface area contributed by atoms with Crippen molar-refractivity contribution in [3.05, 3.63) is 48.6 Å². The quantitative estimate of drug-likeness (QED) is 0.431. The minimum atomic E-state index is 0.659. The van der Waals surface area contributed by atoms with Crippen molar-refractivity contribution in [3.8, 4) is 0 Å². The van der Waals surface area contributed by atoms with Crippen LogP contribution in [0.2, 0.25) is 0 Å². The summed E-state index contributed by atoms with van der Waals surface area (Å²) in [5.74, 6) is 1.92. The maximum Gasteiger partial charge on any atom is 0.0844 e. The number of rotatable bonds is 3. The Morgan fingerprint density at radius 2 is 0.846 bits per heavy atom. The minimum Gasteiger partial charge on any atom is -0.370 e. The van der Waals surface area contributed by atoms with E-state index in [0.717, 1.165) is 34.1 Å². The molecule has 2 heteroatoms. The zero-order valence-electron chi connectivity index (χ0n) is 17.4. The second-order valence-electron chi connectivity index (χ2n) is 8.69. The lowest BCUT2D eigenvalue weighted by Crippen LogP contribution is -2.26. The zero-order valence-corrected chi connectivity index (χ0v) is 17.4. The summed E-state index contributed by atoms with van der Waals surface area (Å²) < 4.78 is 11.2. The SMILES string of the molecule is C1CC2OC2CC1C1CCC2OC2C1.C=C(C)C(=C)C.C=C(C)C(=C)C. The molecular weight excluding hydrogens is 320 g/mol. The summed E-state index contributed by atoms with van der Waals surface area (Å²) in [5.41, 5.74) is 4.26. The van der Waals surface area contributed by atoms with Gasteiger partial charge in [0.15, 0.2) is 0 Å². The van der Waals surface area contributed by atoms with Gasteiger partial charge in [-0.05, 0) is 78.1 Å². The van der Waals surface area contributed by atoms with E-state index in [4.69, 9.17) is 9.47 Å². The Labute approximate surface area is 161 Å². The highest BCUT2D eigenvalue weighted by molar-refractivity contribution is 5.19. The Bertz CT molecular complexity index is 485. The topological polar surface area (TPSA) is 25.1 Å². The maximum absolute atomic E-state index is 5.60. The van der Waals surface area contributed by atoms with Crippen LogP contribution < -0.4 is 0 Å². The normalized spacial score (nSPS) is 35.8. The second kappa shape index (κ2) is 9.19. The molecule has 0 radical (unpaired) electrons. The number of hydrogen-bond donors (Lipinski definition) is 0. The van der Waals surface area contributed by atoms with Gasteiger partial charge in [0.1, 0.15) is 0 Å². The molecule has 4 rings (SSSR count). The van der Waals surface area contributed by atoms with Crippen molar-refractivity contribution in [2.45, 2.75) is 90.6 Å². The van der Waals surface area contributed by atoms with Gasteiger partial charge in [-0.1, -0.05) is 48.6 Å². The molecule has 6 atom stereocenters. The molecule has 2 aliphatic carbocycles. The Morgan fingerprint density at radius 1 is 0.538 bits per heavy atom. The van der Waals surface area contributed by atoms with Crippen LogP contribution in [0.4, 0.5) is 0 Å². The van der Waals surface area contributed by atoms with Crippen LogP contribution in [0.3, 0.4) is 0 Å². The Kier molecular flexibility index (Phi) is 7.49. The first kappa shape index (κ1) is 21.2. The van der Waals surface area contributed by atoms with Crippen molar-refractivity contribution in [1.82, 2.24) is 0 Å². The first-order valence-corrected chi connectivity index (χ1v) is 10.1. The molecule has 146 valence electrons. The first-order chi connectivity index (χ1) is 12.2. The summed E-state index contributed by atoms with van der Waals surface area (Å²) in [6, 6.07) is 0. The number of epoxide rings is 2. The fourth-order valence-corrected chi connectivity index (χ4v) is 3.73. The van der Waals surface area contributed by atoms with Crippen molar-refractivity contribution in [3.63, 3.8) is 0 Å². The molecular formula is C24H38O2. The van der Waals surface area contributed by atoms with Crippen LogP contribution in [0.5, 0.6) is 0 Å². The molecule has 0 aromatic heterocycles. The summed E-state index contributed by atoms with van der Waals surface area (Å²) in [4.78, 5) is 0. The lowest BCUT2D eigenvalue weighted by Gasteiger charge is -2.30. The van der Waals surface area contributed by atoms with Gasteiger partial charge in [-0.25, -0.2) is 0 Å². The summed E-state index contributed by atoms with van der Waals surface area (Å²) in [7, 11) is 0. The molecule has 2 aliphatic heterocycles. The molecule has 2 nitrogen and oxygen atoms in total. The molecule has 6 unspecified atom stereocenters. The van der Waals surface area contributed by atoms with Gasteiger partial charge in [-0.2, -0.15) is 0 Å². The van der Waals surface area contributed by atoms with Gasteiger partial charge in [0.2, 0.25) is 0 Å². The zero-order chi connectivity index (χ0) is 19.4. The highest BCUT2D eigenvalue weighted by Crippen LogP contribution is 2.48. The number of fused-ring (bicyclic) bond motifs is 2. The third-order valence-electron chi connectivity index (χ3n) is 6.21. The van der Waals surface area contributed by atoms with E-state index in [-0.39, 0.29) is 0 Å². The summed E-state index contributed by atoms with van der Waals surface area (Å²) in [5, 5.41) is 0. The van der Waals surface area contributed by atoms with Crippen LogP contribution in [0, 0.1) is 11.8 Å². The van der Waals surface area contributed by atoms with Crippen molar-refractivity contribution in [2.24, 2.45) is 11.8 Å². The van der Waals surface area contributed by atoms with Crippen LogP contribution in [-0.2, 0) is 9.47 Å². The van der Waals surface area contributed by atoms with E-state index in [0.29, 0.717) is 24.4 Å². The third-order valence-corrected chi connectivity index (χ3v) is 6.21. The fourth-order valence-electron chi connectivity index (χ4n) is 3.73. The van der Waals surface area contributed by atoms with Gasteiger partial charge in [-0.3, -0.25) is 0 Å². The third kappa shape index (κ3) is 6.55. The number of hydrogen-bond acceptors (Lipinski definition) is 2. The highest BCUT2D eigenvalue weighted by atomic mass is 16.6. The van der Waals surface area contributed by atoms with Gasteiger partial charge in [0, 0.05) is 0 Å². The Balaban J connectivity index is 0.000000172. The van der Waals surface area contributed by atoms with Crippen LogP contribution in [0.15, 0.2) is 48.6 Å². The van der Waals surface area contributed by atoms with E-state index in [9.17, 15) is 0 Å². The van der Waals surface area contributed by atoms with E-state index in [2.05, 4.69) is 26.3 Å². The predicted octanol–water partition coefficient (Wildman–Crippen LogP) is 6.40. The van der Waals surface area contributed by atoms with E-state index in [1.807, 2.05) is 27.7 Å². The van der Waals surface area contributed by atoms with Gasteiger partial charge < -0.3 is 9.47 Å². The van der Waals surface area contributed by atoms with Crippen LogP contribution in [-0.4, -0.2) is 24.4 Å². The molecule has 4 aliphatic rings. The Morgan fingerprint density at radius 3 is 1.08 bits per heavy atom. The minimum absolute atomic E-state index is 0.659. The van der Waals surface area contributed by atoms with Gasteiger partial charge in [-0.15, -0.1) is 0 Å². The summed E-state index contributed by atoms with van der Waals surface area (Å²) >= 11 is 0. The Hall–Kier alpha value is -1.12. The molecule has 4 fully saturated rings. The lowest BCUT2D eigenvalue weighted by molar-refractivity contribution is 0.217. The van der Waals surface area contributed by atoms with Gasteiger partial charge in [0.05, 0.1) is 24.4 Å². The molecule has 0 bridgehead atoms. The molecule has 26 heavy (non-hydrogen) atoms. The van der Waals surface area contributed by atoms with E-state index < -0.39 is 0 Å². The largest absolute Gasteiger partial charge is 0.370 e. The molecule has 2 saturated heterocycles. The van der Waals surface area contributed by atoms with Crippen LogP contribution in [0.1, 0.15) is 66.2 Å². The fraction of sp³-hybridized carbons (Fsp3) is 0.667. The average molecular weight is 359 g/mol. The molecule has 2 saturated carbocycles. The maximum atomic E-state index is 5.60. The summed E-state index contributed by atoms with van der Waals surface area (Å²) in [6.07, 6.45) is 10.9. The lowest BCUT2D eigenvalue weighted by atomic mass is 9.73. The van der Waals surface area contributed by atoms with Gasteiger partial charge >= 0.3 is 0 Å². The van der Waals surface area contributed by atoms with Crippen molar-refractivity contribution < 1.29 is 9.47 Å². The van der Waals surface area contributed by atoms with Crippen LogP contribution >= 0.6 is 0 Å². The van der Waals surface area contributed by atoms with E-state index >= 15 is 0 Å². The van der Waals surface area contributed by atoms with E-state index in [1.165, 1.54) is 38.5 Å². The van der Waals surface area contributed by atoms with Gasteiger partial charge in [0.25, 0.3) is 0 Å². The number of ether oxygens (including phenoxy) is 2. The highest BCUT2D eigenvalue weighted by Gasteiger charge is 2.50. The summed E-state index contributed by atoms with van der Waals surface area (Å²) in [6.45, 7) is 22.4. The monoisotopic (exact) mass is 358 g/mol. The molecule has 0 spiro atoms. The molecule has 0 amide bonds. The second-order valence-corrected chi connectivity index (χ2v) is 8.69. The molecule has 0 N–H and O–H groups in total. The van der Waals surface area contributed by atoms with E-state index in [1.54, 1.807) is 0 Å². The van der Waals surface area contributed by atoms with Crippen molar-refractivity contribution in [1.29, 1.82) is 0 Å². The van der Waals surface area contributed by atoms with Crippen molar-refractivity contribution >= 4 is 0 Å². The number of allylic oxidation sites excluding steroid dienone is 4. The smallest absolute Gasteiger partial charge is 0.0844 e. The van der Waals surface area contributed by atoms with Crippen LogP contribution in [0.25, 0.3) is 0 Å². The van der Waals surface area contributed by atoms with Crippen molar-refractivity contribution in [2.75, 3.05) is 0 Å². The standard InChI is InChI=1S/C12H18O2.2C6H10/c1-3-9-11(13-9)5-7(1)8-2-4-10-12(6-8)14-10;2*1-5(2)6(3)4/h7-12H,1-6H2;2*1,3H2,2,4H3. The molecule has 0 aromatic carbocycles. The molecule has 2 heterocycles.